The van der Waals surface area contributed by atoms with E-state index in [1.165, 1.54) is 6.33 Å². The Balaban J connectivity index is 1.45. The third kappa shape index (κ3) is 6.49. The first-order valence-corrected chi connectivity index (χ1v) is 13.1. The van der Waals surface area contributed by atoms with E-state index in [1.54, 1.807) is 29.2 Å². The summed E-state index contributed by atoms with van der Waals surface area (Å²) in [5.41, 5.74) is 6.63. The van der Waals surface area contributed by atoms with E-state index in [9.17, 15) is 9.59 Å². The maximum Gasteiger partial charge on any atom is 0.253 e. The number of fused-ring (bicyclic) bond motifs is 3. The van der Waals surface area contributed by atoms with Gasteiger partial charge in [0.15, 0.2) is 0 Å². The molecule has 7 heteroatoms. The molecule has 1 aromatic heterocycles. The molecule has 0 radical (unpaired) electrons. The van der Waals surface area contributed by atoms with Gasteiger partial charge in [-0.1, -0.05) is 48.0 Å². The maximum atomic E-state index is 13.4. The highest BCUT2D eigenvalue weighted by Gasteiger charge is 2.19. The first-order chi connectivity index (χ1) is 19.0. The van der Waals surface area contributed by atoms with Crippen molar-refractivity contribution in [1.29, 1.82) is 0 Å². The summed E-state index contributed by atoms with van der Waals surface area (Å²) in [6.07, 6.45) is 5.98. The number of ether oxygens (including phenoxy) is 1. The van der Waals surface area contributed by atoms with Crippen LogP contribution in [0.5, 0.6) is 5.75 Å². The van der Waals surface area contributed by atoms with E-state index >= 15 is 0 Å². The SMILES string of the molecule is Cc1cccc(CC(=O)N2CCOc3ccc(-c4cncnc4)cc3Cc3cccc(c3)C(=O)N(C)CC2)c1. The second-order valence-electron chi connectivity index (χ2n) is 9.95. The molecule has 198 valence electrons. The Morgan fingerprint density at radius 2 is 1.72 bits per heavy atom. The smallest absolute Gasteiger partial charge is 0.253 e. The molecule has 0 spiro atoms. The largest absolute Gasteiger partial charge is 0.491 e. The van der Waals surface area contributed by atoms with Gasteiger partial charge in [0.25, 0.3) is 5.91 Å². The van der Waals surface area contributed by atoms with Crippen LogP contribution in [0.15, 0.2) is 85.5 Å². The summed E-state index contributed by atoms with van der Waals surface area (Å²) in [5.74, 6) is 0.707. The summed E-state index contributed by atoms with van der Waals surface area (Å²) in [6, 6.07) is 21.8. The van der Waals surface area contributed by atoms with Crippen LogP contribution in [0.2, 0.25) is 0 Å². The van der Waals surface area contributed by atoms with Crippen LogP contribution in [-0.2, 0) is 17.6 Å². The van der Waals surface area contributed by atoms with Gasteiger partial charge in [0.05, 0.1) is 13.0 Å². The third-order valence-electron chi connectivity index (χ3n) is 6.98. The molecule has 7 nitrogen and oxygen atoms in total. The predicted octanol–water partition coefficient (Wildman–Crippen LogP) is 4.58. The number of carbonyl (C=O) groups excluding carboxylic acids is 2. The summed E-state index contributed by atoms with van der Waals surface area (Å²) in [7, 11) is 1.78. The first-order valence-electron chi connectivity index (χ1n) is 13.1. The van der Waals surface area contributed by atoms with Gasteiger partial charge in [0, 0.05) is 50.1 Å². The number of hydrogen-bond donors (Lipinski definition) is 0. The lowest BCUT2D eigenvalue weighted by Gasteiger charge is -2.27. The fraction of sp³-hybridized carbons (Fsp3) is 0.250. The first kappa shape index (κ1) is 26.1. The van der Waals surface area contributed by atoms with Crippen molar-refractivity contribution in [1.82, 2.24) is 19.8 Å². The molecule has 2 heterocycles. The van der Waals surface area contributed by atoms with Crippen molar-refractivity contribution >= 4 is 11.8 Å². The molecule has 39 heavy (non-hydrogen) atoms. The lowest BCUT2D eigenvalue weighted by molar-refractivity contribution is -0.131. The van der Waals surface area contributed by atoms with Crippen LogP contribution in [0.4, 0.5) is 0 Å². The molecule has 5 rings (SSSR count). The van der Waals surface area contributed by atoms with Crippen LogP contribution in [0, 0.1) is 6.92 Å². The highest BCUT2D eigenvalue weighted by atomic mass is 16.5. The second kappa shape index (κ2) is 11.9. The zero-order chi connectivity index (χ0) is 27.2. The molecular weight excluding hydrogens is 488 g/mol. The van der Waals surface area contributed by atoms with Gasteiger partial charge in [-0.25, -0.2) is 9.97 Å². The summed E-state index contributed by atoms with van der Waals surface area (Å²) >= 11 is 0. The second-order valence-corrected chi connectivity index (χ2v) is 9.95. The minimum absolute atomic E-state index is 0.0128. The number of carbonyl (C=O) groups is 2. The Morgan fingerprint density at radius 3 is 2.54 bits per heavy atom. The quantitative estimate of drug-likeness (QED) is 0.395. The van der Waals surface area contributed by atoms with E-state index in [1.807, 2.05) is 67.6 Å². The van der Waals surface area contributed by atoms with Crippen LogP contribution in [-0.4, -0.2) is 64.9 Å². The molecule has 3 aromatic carbocycles. The van der Waals surface area contributed by atoms with Gasteiger partial charge in [-0.15, -0.1) is 0 Å². The predicted molar refractivity (Wildman–Crippen MR) is 151 cm³/mol. The third-order valence-corrected chi connectivity index (χ3v) is 6.98. The molecule has 1 aliphatic rings. The van der Waals surface area contributed by atoms with Crippen LogP contribution in [0.25, 0.3) is 11.1 Å². The average Bonchev–Trinajstić information content (AvgIpc) is 2.95. The molecule has 2 bridgehead atoms. The zero-order valence-corrected chi connectivity index (χ0v) is 22.3. The Hall–Kier alpha value is -4.52. The van der Waals surface area contributed by atoms with Crippen molar-refractivity contribution in [2.45, 2.75) is 19.8 Å². The van der Waals surface area contributed by atoms with Crippen molar-refractivity contribution in [3.8, 4) is 16.9 Å². The Bertz CT molecular complexity index is 1470. The lowest BCUT2D eigenvalue weighted by atomic mass is 9.98. The molecule has 4 aromatic rings. The number of amides is 2. The molecule has 0 saturated heterocycles. The number of aromatic nitrogens is 2. The van der Waals surface area contributed by atoms with Crippen molar-refractivity contribution in [2.75, 3.05) is 33.3 Å². The summed E-state index contributed by atoms with van der Waals surface area (Å²) in [6.45, 7) is 3.65. The van der Waals surface area contributed by atoms with Gasteiger partial charge in [-0.05, 0) is 53.4 Å². The van der Waals surface area contributed by atoms with E-state index in [0.29, 0.717) is 44.6 Å². The topological polar surface area (TPSA) is 75.6 Å². The Morgan fingerprint density at radius 1 is 0.897 bits per heavy atom. The van der Waals surface area contributed by atoms with Crippen molar-refractivity contribution in [3.63, 3.8) is 0 Å². The normalized spacial score (nSPS) is 14.3. The van der Waals surface area contributed by atoms with Gasteiger partial charge in [0.1, 0.15) is 18.7 Å². The van der Waals surface area contributed by atoms with E-state index in [0.717, 1.165) is 39.1 Å². The van der Waals surface area contributed by atoms with Gasteiger partial charge in [0.2, 0.25) is 5.91 Å². The molecular formula is C32H32N4O3. The van der Waals surface area contributed by atoms with E-state index in [4.69, 9.17) is 4.74 Å². The maximum absolute atomic E-state index is 13.4. The molecule has 2 amide bonds. The fourth-order valence-corrected chi connectivity index (χ4v) is 4.85. The van der Waals surface area contributed by atoms with Gasteiger partial charge < -0.3 is 14.5 Å². The highest BCUT2D eigenvalue weighted by molar-refractivity contribution is 5.94. The van der Waals surface area contributed by atoms with Gasteiger partial charge in [-0.3, -0.25) is 9.59 Å². The Kier molecular flexibility index (Phi) is 7.96. The van der Waals surface area contributed by atoms with Crippen LogP contribution in [0.1, 0.15) is 32.6 Å². The molecule has 0 atom stereocenters. The molecule has 0 fully saturated rings. The number of likely N-dealkylation sites (N-methyl/N-ethyl adjacent to an activating group) is 1. The molecule has 0 aliphatic carbocycles. The van der Waals surface area contributed by atoms with E-state index in [2.05, 4.69) is 16.0 Å². The average molecular weight is 521 g/mol. The molecule has 0 saturated carbocycles. The zero-order valence-electron chi connectivity index (χ0n) is 22.3. The lowest BCUT2D eigenvalue weighted by Crippen LogP contribution is -2.42. The highest BCUT2D eigenvalue weighted by Crippen LogP contribution is 2.29. The number of aryl methyl sites for hydroxylation is 1. The van der Waals surface area contributed by atoms with Gasteiger partial charge >= 0.3 is 0 Å². The fourth-order valence-electron chi connectivity index (χ4n) is 4.85. The molecule has 0 unspecified atom stereocenters. The summed E-state index contributed by atoms with van der Waals surface area (Å²) in [5, 5.41) is 0. The van der Waals surface area contributed by atoms with Crippen molar-refractivity contribution in [3.05, 3.63) is 113 Å². The van der Waals surface area contributed by atoms with Crippen molar-refractivity contribution < 1.29 is 14.3 Å². The van der Waals surface area contributed by atoms with Crippen LogP contribution in [0.3, 0.4) is 0 Å². The van der Waals surface area contributed by atoms with Gasteiger partial charge in [-0.2, -0.15) is 0 Å². The van der Waals surface area contributed by atoms with E-state index in [-0.39, 0.29) is 11.8 Å². The monoisotopic (exact) mass is 520 g/mol. The minimum atomic E-state index is -0.0633. The molecule has 0 N–H and O–H groups in total. The number of nitrogens with zero attached hydrogens (tertiary/aromatic N) is 4. The Labute approximate surface area is 229 Å². The van der Waals surface area contributed by atoms with Crippen molar-refractivity contribution in [2.24, 2.45) is 0 Å². The van der Waals surface area contributed by atoms with Crippen LogP contribution < -0.4 is 4.74 Å². The summed E-state index contributed by atoms with van der Waals surface area (Å²) in [4.78, 5) is 38.4. The number of benzene rings is 3. The summed E-state index contributed by atoms with van der Waals surface area (Å²) < 4.78 is 6.29. The number of rotatable bonds is 3. The van der Waals surface area contributed by atoms with E-state index < -0.39 is 0 Å². The van der Waals surface area contributed by atoms with Crippen LogP contribution >= 0.6 is 0 Å². The minimum Gasteiger partial charge on any atom is -0.491 e. The standard InChI is InChI=1S/C32H32N4O3/c1-23-5-3-6-24(15-23)18-31(37)36-12-11-35(2)32(38)27-8-4-7-25(16-27)17-28-19-26(29-20-33-22-34-21-29)9-10-30(28)39-14-13-36/h3-10,15-16,19-22H,11-14,17-18H2,1-2H3. The molecule has 1 aliphatic heterocycles. The number of hydrogen-bond acceptors (Lipinski definition) is 5.